The zero-order valence-electron chi connectivity index (χ0n) is 13.8. The molecule has 0 aromatic heterocycles. The van der Waals surface area contributed by atoms with E-state index in [1.165, 1.54) is 0 Å². The van der Waals surface area contributed by atoms with Gasteiger partial charge in [-0.15, -0.1) is 0 Å². The third-order valence-corrected chi connectivity index (χ3v) is 8.47. The number of carbonyl (C=O) groups is 2. The van der Waals surface area contributed by atoms with E-state index >= 15 is 0 Å². The van der Waals surface area contributed by atoms with Crippen molar-refractivity contribution in [1.29, 1.82) is 0 Å². The van der Waals surface area contributed by atoms with Gasteiger partial charge in [-0.2, -0.15) is 0 Å². The molecule has 0 spiro atoms. The molecule has 3 saturated carbocycles. The predicted molar refractivity (Wildman–Crippen MR) is 91.2 cm³/mol. The molecule has 0 bridgehead atoms. The molecule has 0 aliphatic heterocycles. The molecule has 0 aromatic carbocycles. The van der Waals surface area contributed by atoms with Gasteiger partial charge in [0.1, 0.15) is 0 Å². The number of aliphatic hydroxyl groups excluding tert-OH is 1. The normalized spacial score (nSPS) is 52.5. The van der Waals surface area contributed by atoms with Crippen LogP contribution in [0.2, 0.25) is 0 Å². The lowest BCUT2D eigenvalue weighted by Gasteiger charge is -2.58. The topological polar surface area (TPSA) is 54.4 Å². The third kappa shape index (κ3) is 2.03. The molecule has 1 N–H and O–H groups in total. The summed E-state index contributed by atoms with van der Waals surface area (Å²) in [5.74, 6) is 1.40. The molecule has 2 unspecified atom stereocenters. The fourth-order valence-corrected chi connectivity index (χ4v) is 7.21. The van der Waals surface area contributed by atoms with E-state index in [0.29, 0.717) is 24.5 Å². The maximum absolute atomic E-state index is 12.7. The van der Waals surface area contributed by atoms with Crippen LogP contribution in [-0.2, 0) is 9.59 Å². The van der Waals surface area contributed by atoms with Crippen molar-refractivity contribution in [3.63, 3.8) is 0 Å². The number of carbonyl (C=O) groups excluding carboxylic acids is 2. The minimum Gasteiger partial charge on any atom is -0.392 e. The van der Waals surface area contributed by atoms with Crippen LogP contribution < -0.4 is 0 Å². The lowest BCUT2D eigenvalue weighted by molar-refractivity contribution is -0.139. The van der Waals surface area contributed by atoms with E-state index in [2.05, 4.69) is 29.8 Å². The van der Waals surface area contributed by atoms with Crippen LogP contribution in [0.3, 0.4) is 0 Å². The van der Waals surface area contributed by atoms with Gasteiger partial charge in [0, 0.05) is 11.8 Å². The fourth-order valence-electron chi connectivity index (χ4n) is 6.28. The van der Waals surface area contributed by atoms with Crippen molar-refractivity contribution in [3.05, 3.63) is 11.6 Å². The standard InChI is InChI=1S/C19H25BrO3/c1-18-5-3-11(21)7-10(18)8-15(22)16-12(18)4-6-19(2)13(16)9-14(20)17(19)23/h7,12-16,22H,3-6,8-9H2,1-2H3/t12-,13+,14?,15?,16-,18+,19+/m1/s1. The van der Waals surface area contributed by atoms with Gasteiger partial charge in [0.15, 0.2) is 11.6 Å². The summed E-state index contributed by atoms with van der Waals surface area (Å²) in [6.45, 7) is 4.40. The molecule has 0 radical (unpaired) electrons. The zero-order chi connectivity index (χ0) is 16.6. The Morgan fingerprint density at radius 1 is 1.17 bits per heavy atom. The Kier molecular flexibility index (Phi) is 3.49. The molecule has 23 heavy (non-hydrogen) atoms. The monoisotopic (exact) mass is 380 g/mol. The van der Waals surface area contributed by atoms with Crippen LogP contribution in [0.4, 0.5) is 0 Å². The second-order valence-corrected chi connectivity index (χ2v) is 9.74. The minimum absolute atomic E-state index is 0.0343. The Morgan fingerprint density at radius 3 is 2.65 bits per heavy atom. The molecule has 3 nitrogen and oxygen atoms in total. The van der Waals surface area contributed by atoms with E-state index in [1.807, 2.05) is 6.08 Å². The SMILES string of the molecule is C[C@]12CCC(=O)C=C1CC(O)[C@@H]1[C@H]2CC[C@]2(C)C(=O)C(Br)C[C@@H]12. The summed E-state index contributed by atoms with van der Waals surface area (Å²) in [6, 6.07) is 0. The number of fused-ring (bicyclic) bond motifs is 5. The molecule has 0 saturated heterocycles. The second-order valence-electron chi connectivity index (χ2n) is 8.64. The first-order chi connectivity index (χ1) is 10.8. The number of alkyl halides is 1. The lowest BCUT2D eigenvalue weighted by atomic mass is 9.47. The molecule has 0 aromatic rings. The van der Waals surface area contributed by atoms with Crippen molar-refractivity contribution in [2.75, 3.05) is 0 Å². The van der Waals surface area contributed by atoms with Crippen LogP contribution in [0.1, 0.15) is 52.4 Å². The maximum Gasteiger partial charge on any atom is 0.155 e. The van der Waals surface area contributed by atoms with Gasteiger partial charge in [-0.05, 0) is 61.3 Å². The molecule has 126 valence electrons. The summed E-state index contributed by atoms with van der Waals surface area (Å²) < 4.78 is 0. The van der Waals surface area contributed by atoms with Crippen LogP contribution in [0.15, 0.2) is 11.6 Å². The first-order valence-corrected chi connectivity index (χ1v) is 9.79. The molecule has 0 heterocycles. The average Bonchev–Trinajstić information content (AvgIpc) is 2.73. The Hall–Kier alpha value is -0.480. The van der Waals surface area contributed by atoms with Crippen LogP contribution in [-0.4, -0.2) is 27.6 Å². The first kappa shape index (κ1) is 16.0. The lowest BCUT2D eigenvalue weighted by Crippen LogP contribution is -2.55. The Morgan fingerprint density at radius 2 is 1.91 bits per heavy atom. The van der Waals surface area contributed by atoms with Crippen molar-refractivity contribution < 1.29 is 14.7 Å². The van der Waals surface area contributed by atoms with Gasteiger partial charge in [0.05, 0.1) is 10.9 Å². The molecule has 3 fully saturated rings. The van der Waals surface area contributed by atoms with Crippen molar-refractivity contribution in [1.82, 2.24) is 0 Å². The van der Waals surface area contributed by atoms with E-state index < -0.39 is 6.10 Å². The number of rotatable bonds is 0. The van der Waals surface area contributed by atoms with Gasteiger partial charge in [-0.1, -0.05) is 35.4 Å². The molecule has 4 heteroatoms. The summed E-state index contributed by atoms with van der Waals surface area (Å²) in [6.07, 6.45) is 6.29. The second kappa shape index (κ2) is 5.01. The molecular formula is C19H25BrO3. The van der Waals surface area contributed by atoms with E-state index in [9.17, 15) is 14.7 Å². The van der Waals surface area contributed by atoms with Crippen LogP contribution in [0.5, 0.6) is 0 Å². The summed E-state index contributed by atoms with van der Waals surface area (Å²) in [4.78, 5) is 24.4. The largest absolute Gasteiger partial charge is 0.392 e. The number of aliphatic hydroxyl groups is 1. The molecule has 4 aliphatic carbocycles. The number of Topliss-reactive ketones (excluding diaryl/α,β-unsaturated/α-hetero) is 1. The van der Waals surface area contributed by atoms with E-state index in [0.717, 1.165) is 31.3 Å². The van der Waals surface area contributed by atoms with E-state index in [-0.39, 0.29) is 33.3 Å². The summed E-state index contributed by atoms with van der Waals surface area (Å²) in [7, 11) is 0. The molecule has 0 amide bonds. The highest BCUT2D eigenvalue weighted by Crippen LogP contribution is 2.64. The van der Waals surface area contributed by atoms with Crippen LogP contribution >= 0.6 is 15.9 Å². The number of ketones is 2. The Bertz CT molecular complexity index is 612. The van der Waals surface area contributed by atoms with Gasteiger partial charge in [-0.25, -0.2) is 0 Å². The van der Waals surface area contributed by atoms with E-state index in [4.69, 9.17) is 0 Å². The van der Waals surface area contributed by atoms with Gasteiger partial charge >= 0.3 is 0 Å². The number of halogens is 1. The number of hydrogen-bond acceptors (Lipinski definition) is 3. The van der Waals surface area contributed by atoms with Crippen molar-refractivity contribution >= 4 is 27.5 Å². The molecular weight excluding hydrogens is 356 g/mol. The van der Waals surface area contributed by atoms with Gasteiger partial charge in [-0.3, -0.25) is 9.59 Å². The summed E-state index contributed by atoms with van der Waals surface area (Å²) in [5.41, 5.74) is 0.913. The summed E-state index contributed by atoms with van der Waals surface area (Å²) >= 11 is 3.57. The highest BCUT2D eigenvalue weighted by atomic mass is 79.9. The van der Waals surface area contributed by atoms with Crippen molar-refractivity contribution in [2.45, 2.75) is 63.3 Å². The number of hydrogen-bond donors (Lipinski definition) is 1. The van der Waals surface area contributed by atoms with Crippen molar-refractivity contribution in [2.24, 2.45) is 28.6 Å². The zero-order valence-corrected chi connectivity index (χ0v) is 15.4. The molecule has 4 rings (SSSR count). The minimum atomic E-state index is -0.416. The van der Waals surface area contributed by atoms with Gasteiger partial charge < -0.3 is 5.11 Å². The quantitative estimate of drug-likeness (QED) is 0.654. The first-order valence-electron chi connectivity index (χ1n) is 8.88. The van der Waals surface area contributed by atoms with Gasteiger partial charge in [0.2, 0.25) is 0 Å². The third-order valence-electron chi connectivity index (χ3n) is 7.68. The smallest absolute Gasteiger partial charge is 0.155 e. The van der Waals surface area contributed by atoms with E-state index in [1.54, 1.807) is 0 Å². The predicted octanol–water partition coefficient (Wildman–Crippen LogP) is 3.43. The Labute approximate surface area is 146 Å². The van der Waals surface area contributed by atoms with Crippen molar-refractivity contribution in [3.8, 4) is 0 Å². The fraction of sp³-hybridized carbons (Fsp3) is 0.789. The Balaban J connectivity index is 1.75. The highest BCUT2D eigenvalue weighted by molar-refractivity contribution is 9.10. The van der Waals surface area contributed by atoms with Crippen LogP contribution in [0, 0.1) is 28.6 Å². The molecule has 7 atom stereocenters. The average molecular weight is 381 g/mol. The highest BCUT2D eigenvalue weighted by Gasteiger charge is 2.63. The van der Waals surface area contributed by atoms with Gasteiger partial charge in [0.25, 0.3) is 0 Å². The maximum atomic E-state index is 12.7. The summed E-state index contributed by atoms with van der Waals surface area (Å²) in [5, 5.41) is 10.9. The van der Waals surface area contributed by atoms with Crippen LogP contribution in [0.25, 0.3) is 0 Å². The molecule has 4 aliphatic rings.